The van der Waals surface area contributed by atoms with E-state index in [2.05, 4.69) is 4.98 Å². The van der Waals surface area contributed by atoms with Crippen LogP contribution in [0.1, 0.15) is 12.1 Å². The SMILES string of the molecule is Nc1ccnc2c1N(C(=O)O)CCC2. The highest BCUT2D eigenvalue weighted by Crippen LogP contribution is 2.30. The highest BCUT2D eigenvalue weighted by Gasteiger charge is 2.24. The van der Waals surface area contributed by atoms with Crippen LogP contribution in [0.25, 0.3) is 0 Å². The number of amides is 1. The van der Waals surface area contributed by atoms with Gasteiger partial charge in [-0.1, -0.05) is 0 Å². The maximum atomic E-state index is 10.9. The summed E-state index contributed by atoms with van der Waals surface area (Å²) in [5, 5.41) is 8.95. The zero-order valence-corrected chi connectivity index (χ0v) is 7.60. The third-order valence-electron chi connectivity index (χ3n) is 2.33. The number of nitrogen functional groups attached to an aromatic ring is 1. The number of rotatable bonds is 0. The van der Waals surface area contributed by atoms with Gasteiger partial charge in [0.25, 0.3) is 0 Å². The molecule has 0 aliphatic carbocycles. The van der Waals surface area contributed by atoms with Crippen LogP contribution in [-0.4, -0.2) is 22.7 Å². The Labute approximate surface area is 81.2 Å². The highest BCUT2D eigenvalue weighted by molar-refractivity contribution is 5.91. The molecule has 1 aliphatic heterocycles. The molecule has 0 atom stereocenters. The Kier molecular flexibility index (Phi) is 1.99. The molecule has 0 bridgehead atoms. The van der Waals surface area contributed by atoms with E-state index in [1.807, 2.05) is 0 Å². The fraction of sp³-hybridized carbons (Fsp3) is 0.333. The fourth-order valence-corrected chi connectivity index (χ4v) is 1.72. The van der Waals surface area contributed by atoms with Crippen LogP contribution in [0.2, 0.25) is 0 Å². The average Bonchev–Trinajstić information content (AvgIpc) is 2.17. The fourth-order valence-electron chi connectivity index (χ4n) is 1.72. The number of anilines is 2. The van der Waals surface area contributed by atoms with Crippen molar-refractivity contribution in [2.75, 3.05) is 17.2 Å². The van der Waals surface area contributed by atoms with Gasteiger partial charge in [-0.3, -0.25) is 9.88 Å². The lowest BCUT2D eigenvalue weighted by Crippen LogP contribution is -2.35. The molecule has 3 N–H and O–H groups in total. The van der Waals surface area contributed by atoms with E-state index in [-0.39, 0.29) is 0 Å². The summed E-state index contributed by atoms with van der Waals surface area (Å²) in [5.41, 5.74) is 7.55. The van der Waals surface area contributed by atoms with Gasteiger partial charge in [0.15, 0.2) is 0 Å². The Morgan fingerprint density at radius 3 is 3.14 bits per heavy atom. The number of carbonyl (C=O) groups is 1. The summed E-state index contributed by atoms with van der Waals surface area (Å²) < 4.78 is 0. The van der Waals surface area contributed by atoms with Crippen LogP contribution in [0.4, 0.5) is 16.2 Å². The van der Waals surface area contributed by atoms with E-state index >= 15 is 0 Å². The molecule has 74 valence electrons. The summed E-state index contributed by atoms with van der Waals surface area (Å²) in [4.78, 5) is 16.3. The van der Waals surface area contributed by atoms with Gasteiger partial charge < -0.3 is 10.8 Å². The van der Waals surface area contributed by atoms with Gasteiger partial charge in [-0.25, -0.2) is 4.79 Å². The molecule has 14 heavy (non-hydrogen) atoms. The largest absolute Gasteiger partial charge is 0.465 e. The van der Waals surface area contributed by atoms with Gasteiger partial charge in [0, 0.05) is 12.7 Å². The molecule has 5 heteroatoms. The van der Waals surface area contributed by atoms with E-state index in [9.17, 15) is 4.79 Å². The molecule has 0 radical (unpaired) electrons. The first-order valence-electron chi connectivity index (χ1n) is 4.44. The monoisotopic (exact) mass is 193 g/mol. The molecule has 1 amide bonds. The molecule has 1 aromatic rings. The van der Waals surface area contributed by atoms with Crippen LogP contribution in [0.5, 0.6) is 0 Å². The molecule has 2 rings (SSSR count). The minimum Gasteiger partial charge on any atom is -0.465 e. The summed E-state index contributed by atoms with van der Waals surface area (Å²) in [6.07, 6.45) is 2.24. The van der Waals surface area contributed by atoms with Crippen molar-refractivity contribution in [1.29, 1.82) is 0 Å². The predicted molar refractivity (Wildman–Crippen MR) is 52.3 cm³/mol. The topological polar surface area (TPSA) is 79.5 Å². The van der Waals surface area contributed by atoms with Gasteiger partial charge in [-0.15, -0.1) is 0 Å². The Hall–Kier alpha value is -1.78. The van der Waals surface area contributed by atoms with E-state index < -0.39 is 6.09 Å². The number of hydrogen-bond donors (Lipinski definition) is 2. The van der Waals surface area contributed by atoms with Crippen molar-refractivity contribution in [1.82, 2.24) is 4.98 Å². The van der Waals surface area contributed by atoms with Gasteiger partial charge in [-0.2, -0.15) is 0 Å². The number of carboxylic acid groups (broad SMARTS) is 1. The van der Waals surface area contributed by atoms with Gasteiger partial charge in [-0.05, 0) is 18.9 Å². The molecule has 5 nitrogen and oxygen atoms in total. The highest BCUT2D eigenvalue weighted by atomic mass is 16.4. The van der Waals surface area contributed by atoms with E-state index in [1.165, 1.54) is 4.90 Å². The van der Waals surface area contributed by atoms with Crippen LogP contribution >= 0.6 is 0 Å². The Balaban J connectivity index is 2.52. The number of pyridine rings is 1. The van der Waals surface area contributed by atoms with E-state index in [0.717, 1.165) is 18.5 Å². The molecule has 0 fully saturated rings. The molecular formula is C9H11N3O2. The smallest absolute Gasteiger partial charge is 0.411 e. The molecule has 1 aliphatic rings. The minimum absolute atomic E-state index is 0.483. The number of nitrogens with zero attached hydrogens (tertiary/aromatic N) is 2. The Morgan fingerprint density at radius 1 is 1.64 bits per heavy atom. The van der Waals surface area contributed by atoms with Crippen molar-refractivity contribution < 1.29 is 9.90 Å². The predicted octanol–water partition coefficient (Wildman–Crippen LogP) is 1.09. The number of aryl methyl sites for hydroxylation is 1. The number of nitrogens with two attached hydrogens (primary N) is 1. The number of aromatic nitrogens is 1. The molecule has 1 aromatic heterocycles. The summed E-state index contributed by atoms with van der Waals surface area (Å²) in [7, 11) is 0. The molecule has 2 heterocycles. The first-order chi connectivity index (χ1) is 6.70. The van der Waals surface area contributed by atoms with Crippen LogP contribution in [-0.2, 0) is 6.42 Å². The van der Waals surface area contributed by atoms with Crippen LogP contribution in [0.3, 0.4) is 0 Å². The zero-order chi connectivity index (χ0) is 10.1. The third-order valence-corrected chi connectivity index (χ3v) is 2.33. The molecular weight excluding hydrogens is 182 g/mol. The minimum atomic E-state index is -0.967. The normalized spacial score (nSPS) is 15.0. The summed E-state index contributed by atoms with van der Waals surface area (Å²) in [6.45, 7) is 0.498. The van der Waals surface area contributed by atoms with Crippen LogP contribution < -0.4 is 10.6 Å². The maximum absolute atomic E-state index is 10.9. The third kappa shape index (κ3) is 1.26. The van der Waals surface area contributed by atoms with Crippen molar-refractivity contribution in [3.05, 3.63) is 18.0 Å². The lowest BCUT2D eigenvalue weighted by atomic mass is 10.1. The standard InChI is InChI=1S/C9H11N3O2/c10-6-3-4-11-7-2-1-5-12(8(6)7)9(13)14/h3-4H,1-2,5H2,(H2,10,11)(H,13,14). The maximum Gasteiger partial charge on any atom is 0.411 e. The van der Waals surface area contributed by atoms with Gasteiger partial charge in [0.2, 0.25) is 0 Å². The molecule has 0 aromatic carbocycles. The lowest BCUT2D eigenvalue weighted by molar-refractivity contribution is 0.201. The second kappa shape index (κ2) is 3.17. The first-order valence-corrected chi connectivity index (χ1v) is 4.44. The Bertz CT molecular complexity index is 378. The summed E-state index contributed by atoms with van der Waals surface area (Å²) in [6, 6.07) is 1.63. The van der Waals surface area contributed by atoms with Gasteiger partial charge >= 0.3 is 6.09 Å². The number of fused-ring (bicyclic) bond motifs is 1. The summed E-state index contributed by atoms with van der Waals surface area (Å²) >= 11 is 0. The van der Waals surface area contributed by atoms with Crippen LogP contribution in [0, 0.1) is 0 Å². The van der Waals surface area contributed by atoms with E-state index in [4.69, 9.17) is 10.8 Å². The van der Waals surface area contributed by atoms with Crippen molar-refractivity contribution >= 4 is 17.5 Å². The molecule has 0 saturated heterocycles. The first kappa shape index (κ1) is 8.80. The Morgan fingerprint density at radius 2 is 2.43 bits per heavy atom. The van der Waals surface area contributed by atoms with Crippen molar-refractivity contribution in [2.45, 2.75) is 12.8 Å². The lowest BCUT2D eigenvalue weighted by Gasteiger charge is -2.27. The quantitative estimate of drug-likeness (QED) is 0.646. The summed E-state index contributed by atoms with van der Waals surface area (Å²) in [5.74, 6) is 0. The number of hydrogen-bond acceptors (Lipinski definition) is 3. The van der Waals surface area contributed by atoms with E-state index in [1.54, 1.807) is 12.3 Å². The zero-order valence-electron chi connectivity index (χ0n) is 7.60. The van der Waals surface area contributed by atoms with Gasteiger partial charge in [0.1, 0.15) is 0 Å². The van der Waals surface area contributed by atoms with Gasteiger partial charge in [0.05, 0.1) is 17.1 Å². The van der Waals surface area contributed by atoms with Crippen LogP contribution in [0.15, 0.2) is 12.3 Å². The van der Waals surface area contributed by atoms with Crippen molar-refractivity contribution in [3.8, 4) is 0 Å². The molecule has 0 saturated carbocycles. The second-order valence-corrected chi connectivity index (χ2v) is 3.23. The van der Waals surface area contributed by atoms with Crippen molar-refractivity contribution in [3.63, 3.8) is 0 Å². The average molecular weight is 193 g/mol. The van der Waals surface area contributed by atoms with E-state index in [0.29, 0.717) is 17.9 Å². The molecule has 0 spiro atoms. The van der Waals surface area contributed by atoms with Crippen molar-refractivity contribution in [2.24, 2.45) is 0 Å². The second-order valence-electron chi connectivity index (χ2n) is 3.23. The molecule has 0 unspecified atom stereocenters.